The summed E-state index contributed by atoms with van der Waals surface area (Å²) in [7, 11) is 0. The third kappa shape index (κ3) is 7.73. The Morgan fingerprint density at radius 3 is 1.94 bits per heavy atom. The minimum atomic E-state index is 0.781. The zero-order valence-electron chi connectivity index (χ0n) is 28.9. The van der Waals surface area contributed by atoms with Crippen LogP contribution < -0.4 is 4.74 Å². The molecule has 0 aliphatic heterocycles. The fourth-order valence-electron chi connectivity index (χ4n) is 7.05. The van der Waals surface area contributed by atoms with Gasteiger partial charge in [-0.15, -0.1) is 0 Å². The van der Waals surface area contributed by atoms with E-state index >= 15 is 0 Å². The van der Waals surface area contributed by atoms with Crippen LogP contribution in [0, 0.1) is 6.92 Å². The summed E-state index contributed by atoms with van der Waals surface area (Å²) in [5, 5.41) is 5.08. The van der Waals surface area contributed by atoms with E-state index in [2.05, 4.69) is 116 Å². The third-order valence-electron chi connectivity index (χ3n) is 9.68. The number of hydrogen-bond acceptors (Lipinski definition) is 2. The summed E-state index contributed by atoms with van der Waals surface area (Å²) in [5.41, 5.74) is 7.25. The topological polar surface area (TPSA) is 27.1 Å². The van der Waals surface area contributed by atoms with Crippen molar-refractivity contribution in [1.82, 2.24) is 9.55 Å². The van der Waals surface area contributed by atoms with Crippen molar-refractivity contribution in [2.45, 2.75) is 104 Å². The van der Waals surface area contributed by atoms with E-state index in [0.717, 1.165) is 48.6 Å². The van der Waals surface area contributed by atoms with Gasteiger partial charge in [-0.1, -0.05) is 138 Å². The Morgan fingerprint density at radius 2 is 1.19 bits per heavy atom. The number of nitrogens with zero attached hydrogens (tertiary/aromatic N) is 2. The number of rotatable bonds is 17. The lowest BCUT2D eigenvalue weighted by molar-refractivity contribution is 0.304. The summed E-state index contributed by atoms with van der Waals surface area (Å²) >= 11 is 0. The molecule has 6 aromatic rings. The number of ether oxygens (including phenoxy) is 1. The lowest BCUT2D eigenvalue weighted by atomic mass is 9.95. The zero-order chi connectivity index (χ0) is 32.4. The van der Waals surface area contributed by atoms with Crippen LogP contribution in [0.15, 0.2) is 91.0 Å². The molecule has 0 saturated carbocycles. The number of hydrogen-bond donors (Lipinski definition) is 0. The van der Waals surface area contributed by atoms with Gasteiger partial charge in [-0.2, -0.15) is 0 Å². The molecule has 47 heavy (non-hydrogen) atoms. The van der Waals surface area contributed by atoms with E-state index in [4.69, 9.17) is 9.72 Å². The van der Waals surface area contributed by atoms with Crippen molar-refractivity contribution in [2.75, 3.05) is 6.61 Å². The van der Waals surface area contributed by atoms with Crippen molar-refractivity contribution in [3.8, 4) is 28.3 Å². The van der Waals surface area contributed by atoms with Crippen molar-refractivity contribution in [3.05, 3.63) is 96.6 Å². The molecule has 0 radical (unpaired) electrons. The van der Waals surface area contributed by atoms with E-state index in [1.165, 1.54) is 108 Å². The maximum atomic E-state index is 6.16. The fourth-order valence-corrected chi connectivity index (χ4v) is 7.05. The monoisotopic (exact) mass is 624 g/mol. The lowest BCUT2D eigenvalue weighted by Crippen LogP contribution is -2.02. The van der Waals surface area contributed by atoms with E-state index in [0.29, 0.717) is 0 Å². The van der Waals surface area contributed by atoms with Crippen LogP contribution in [0.5, 0.6) is 5.75 Å². The molecule has 0 atom stereocenters. The number of aromatic nitrogens is 2. The highest BCUT2D eigenvalue weighted by Gasteiger charge is 2.20. The van der Waals surface area contributed by atoms with E-state index in [1.807, 2.05) is 0 Å². The Balaban J connectivity index is 1.41. The normalized spacial score (nSPS) is 11.6. The summed E-state index contributed by atoms with van der Waals surface area (Å²) in [5.74, 6) is 2.00. The Kier molecular flexibility index (Phi) is 11.3. The molecule has 0 N–H and O–H groups in total. The smallest absolute Gasteiger partial charge is 0.141 e. The first-order valence-corrected chi connectivity index (χ1v) is 18.3. The van der Waals surface area contributed by atoms with Crippen LogP contribution in [-0.2, 0) is 6.54 Å². The van der Waals surface area contributed by atoms with Gasteiger partial charge in [0.1, 0.15) is 11.6 Å². The number of imidazole rings is 1. The van der Waals surface area contributed by atoms with Crippen molar-refractivity contribution in [2.24, 2.45) is 0 Å². The van der Waals surface area contributed by atoms with Gasteiger partial charge in [0, 0.05) is 22.9 Å². The second-order valence-corrected chi connectivity index (χ2v) is 13.4. The number of fused-ring (bicyclic) bond motifs is 6. The summed E-state index contributed by atoms with van der Waals surface area (Å²) in [4.78, 5) is 5.50. The standard InChI is InChI=1S/C44H52N2O/c1-4-6-8-10-12-17-29-46-43-41-32-36(34-19-15-14-16-20-34)24-28-39(41)38-27-21-33(3)31-40(38)42(43)45-44(46)35-22-25-37(26-23-35)47-30-18-13-11-9-7-5-2/h14-16,19-28,31-32H,4-13,17-18,29-30H2,1-3H3. The van der Waals surface area contributed by atoms with Gasteiger partial charge in [0.2, 0.25) is 0 Å². The largest absolute Gasteiger partial charge is 0.494 e. The third-order valence-corrected chi connectivity index (χ3v) is 9.68. The highest BCUT2D eigenvalue weighted by atomic mass is 16.5. The highest BCUT2D eigenvalue weighted by molar-refractivity contribution is 6.24. The Morgan fingerprint density at radius 1 is 0.553 bits per heavy atom. The molecule has 1 aromatic heterocycles. The SMILES string of the molecule is CCCCCCCCOc1ccc(-c2nc3c4cc(C)ccc4c4ccc(-c5ccccc5)cc4c3n2CCCCCCCC)cc1. The molecular formula is C44H52N2O. The van der Waals surface area contributed by atoms with Crippen molar-refractivity contribution >= 4 is 32.6 Å². The van der Waals surface area contributed by atoms with Crippen molar-refractivity contribution < 1.29 is 4.74 Å². The summed E-state index contributed by atoms with van der Waals surface area (Å²) in [6.07, 6.45) is 15.2. The Labute approximate surface area is 282 Å². The molecule has 0 aliphatic rings. The molecular weight excluding hydrogens is 572 g/mol. The van der Waals surface area contributed by atoms with Gasteiger partial charge in [0.15, 0.2) is 0 Å². The molecule has 0 spiro atoms. The predicted molar refractivity (Wildman–Crippen MR) is 203 cm³/mol. The van der Waals surface area contributed by atoms with Crippen LogP contribution in [-0.4, -0.2) is 16.2 Å². The summed E-state index contributed by atoms with van der Waals surface area (Å²) < 4.78 is 8.69. The van der Waals surface area contributed by atoms with Gasteiger partial charge in [-0.3, -0.25) is 0 Å². The van der Waals surface area contributed by atoms with Gasteiger partial charge in [0.25, 0.3) is 0 Å². The van der Waals surface area contributed by atoms with Crippen LogP contribution >= 0.6 is 0 Å². The first-order valence-electron chi connectivity index (χ1n) is 18.3. The molecule has 5 aromatic carbocycles. The molecule has 0 amide bonds. The van der Waals surface area contributed by atoms with Gasteiger partial charge in [0.05, 0.1) is 17.6 Å². The van der Waals surface area contributed by atoms with Gasteiger partial charge >= 0.3 is 0 Å². The van der Waals surface area contributed by atoms with E-state index < -0.39 is 0 Å². The Bertz CT molecular complexity index is 1880. The summed E-state index contributed by atoms with van der Waals surface area (Å²) in [6.45, 7) is 8.48. The van der Waals surface area contributed by atoms with Gasteiger partial charge < -0.3 is 9.30 Å². The average Bonchev–Trinajstić information content (AvgIpc) is 3.49. The predicted octanol–water partition coefficient (Wildman–Crippen LogP) is 13.1. The minimum Gasteiger partial charge on any atom is -0.494 e. The number of aryl methyl sites for hydroxylation is 2. The molecule has 0 bridgehead atoms. The molecule has 0 saturated heterocycles. The van der Waals surface area contributed by atoms with Crippen molar-refractivity contribution in [3.63, 3.8) is 0 Å². The molecule has 0 unspecified atom stereocenters. The second kappa shape index (κ2) is 16.1. The van der Waals surface area contributed by atoms with E-state index in [1.54, 1.807) is 0 Å². The van der Waals surface area contributed by atoms with Gasteiger partial charge in [-0.25, -0.2) is 4.98 Å². The van der Waals surface area contributed by atoms with E-state index in [9.17, 15) is 0 Å². The number of benzene rings is 5. The molecule has 0 fully saturated rings. The first-order chi connectivity index (χ1) is 23.2. The highest BCUT2D eigenvalue weighted by Crippen LogP contribution is 2.40. The molecule has 3 nitrogen and oxygen atoms in total. The maximum absolute atomic E-state index is 6.16. The molecule has 244 valence electrons. The van der Waals surface area contributed by atoms with Crippen LogP contribution in [0.4, 0.5) is 0 Å². The second-order valence-electron chi connectivity index (χ2n) is 13.4. The molecule has 6 rings (SSSR count). The van der Waals surface area contributed by atoms with Gasteiger partial charge in [-0.05, 0) is 78.1 Å². The van der Waals surface area contributed by atoms with Crippen LogP contribution in [0.25, 0.3) is 55.1 Å². The fraction of sp³-hybridized carbons (Fsp3) is 0.386. The molecule has 3 heteroatoms. The van der Waals surface area contributed by atoms with Crippen molar-refractivity contribution in [1.29, 1.82) is 0 Å². The zero-order valence-corrected chi connectivity index (χ0v) is 28.9. The van der Waals surface area contributed by atoms with E-state index in [-0.39, 0.29) is 0 Å². The molecule has 0 aliphatic carbocycles. The first kappa shape index (κ1) is 32.8. The maximum Gasteiger partial charge on any atom is 0.141 e. The molecule has 1 heterocycles. The lowest BCUT2D eigenvalue weighted by Gasteiger charge is -2.14. The minimum absolute atomic E-state index is 0.781. The average molecular weight is 625 g/mol. The van der Waals surface area contributed by atoms with Crippen LogP contribution in [0.1, 0.15) is 96.5 Å². The summed E-state index contributed by atoms with van der Waals surface area (Å²) in [6, 6.07) is 33.3. The van der Waals surface area contributed by atoms with Crippen LogP contribution in [0.2, 0.25) is 0 Å². The quantitative estimate of drug-likeness (QED) is 0.0745. The number of unbranched alkanes of at least 4 members (excludes halogenated alkanes) is 10. The van der Waals surface area contributed by atoms with Crippen LogP contribution in [0.3, 0.4) is 0 Å². The Hall–Kier alpha value is -4.11.